The number of methoxy groups -OCH3 is 1. The molecule has 1 aliphatic carbocycles. The van der Waals surface area contributed by atoms with Gasteiger partial charge in [0.25, 0.3) is 0 Å². The summed E-state index contributed by atoms with van der Waals surface area (Å²) in [6.07, 6.45) is 6.83. The number of rotatable bonds is 4. The summed E-state index contributed by atoms with van der Waals surface area (Å²) in [5.41, 5.74) is 0.156. The summed E-state index contributed by atoms with van der Waals surface area (Å²) in [7, 11) is 1.35. The Morgan fingerprint density at radius 1 is 1.47 bits per heavy atom. The van der Waals surface area contributed by atoms with Gasteiger partial charge >= 0.3 is 5.97 Å². The molecule has 0 atom stereocenters. The minimum atomic E-state index is -0.382. The van der Waals surface area contributed by atoms with E-state index in [-0.39, 0.29) is 18.1 Å². The van der Waals surface area contributed by atoms with Gasteiger partial charge in [-0.05, 0) is 25.0 Å². The first-order chi connectivity index (χ1) is 9.19. The van der Waals surface area contributed by atoms with Gasteiger partial charge in [-0.2, -0.15) is 0 Å². The van der Waals surface area contributed by atoms with Crippen LogP contribution in [0.25, 0.3) is 0 Å². The smallest absolute Gasteiger partial charge is 0.338 e. The molecule has 0 radical (unpaired) electrons. The van der Waals surface area contributed by atoms with E-state index in [9.17, 15) is 9.90 Å². The van der Waals surface area contributed by atoms with Gasteiger partial charge in [-0.3, -0.25) is 0 Å². The number of nitrogens with one attached hydrogen (secondary N) is 1. The second-order valence-electron chi connectivity index (χ2n) is 5.05. The average Bonchev–Trinajstić information content (AvgIpc) is 2.47. The summed E-state index contributed by atoms with van der Waals surface area (Å²) in [6.45, 7) is 0.0805. The van der Waals surface area contributed by atoms with E-state index in [1.165, 1.54) is 13.5 Å². The molecule has 0 spiro atoms. The van der Waals surface area contributed by atoms with E-state index in [1.807, 2.05) is 0 Å². The predicted molar refractivity (Wildman–Crippen MR) is 72.1 cm³/mol. The van der Waals surface area contributed by atoms with Gasteiger partial charge in [0.15, 0.2) is 0 Å². The van der Waals surface area contributed by atoms with Crippen molar-refractivity contribution in [3.05, 3.63) is 23.9 Å². The molecule has 0 bridgehead atoms. The van der Waals surface area contributed by atoms with Crippen molar-refractivity contribution in [1.29, 1.82) is 0 Å². The van der Waals surface area contributed by atoms with Gasteiger partial charge in [0.05, 0.1) is 24.8 Å². The summed E-state index contributed by atoms with van der Waals surface area (Å²) < 4.78 is 4.69. The first-order valence-electron chi connectivity index (χ1n) is 6.62. The van der Waals surface area contributed by atoms with Crippen molar-refractivity contribution in [2.75, 3.05) is 19.0 Å². The highest BCUT2D eigenvalue weighted by Gasteiger charge is 2.31. The minimum Gasteiger partial charge on any atom is -0.465 e. The van der Waals surface area contributed by atoms with Gasteiger partial charge in [0, 0.05) is 6.20 Å². The number of aromatic nitrogens is 1. The van der Waals surface area contributed by atoms with E-state index >= 15 is 0 Å². The van der Waals surface area contributed by atoms with E-state index in [0.29, 0.717) is 11.4 Å². The fraction of sp³-hybridized carbons (Fsp3) is 0.571. The number of hydrogen-bond donors (Lipinski definition) is 2. The Labute approximate surface area is 113 Å². The molecule has 0 unspecified atom stereocenters. The summed E-state index contributed by atoms with van der Waals surface area (Å²) >= 11 is 0. The van der Waals surface area contributed by atoms with E-state index in [2.05, 4.69) is 15.0 Å². The largest absolute Gasteiger partial charge is 0.465 e. The number of anilines is 1. The number of aliphatic hydroxyl groups is 1. The van der Waals surface area contributed by atoms with Gasteiger partial charge < -0.3 is 15.2 Å². The Morgan fingerprint density at radius 2 is 2.21 bits per heavy atom. The lowest BCUT2D eigenvalue weighted by molar-refractivity contribution is 0.0600. The molecule has 19 heavy (non-hydrogen) atoms. The third-order valence-electron chi connectivity index (χ3n) is 3.69. The van der Waals surface area contributed by atoms with Crippen LogP contribution in [0.2, 0.25) is 0 Å². The molecule has 5 nitrogen and oxygen atoms in total. The van der Waals surface area contributed by atoms with Crippen LogP contribution in [0.1, 0.15) is 42.5 Å². The van der Waals surface area contributed by atoms with E-state index in [0.717, 1.165) is 25.7 Å². The Bertz CT molecular complexity index is 442. The van der Waals surface area contributed by atoms with Crippen molar-refractivity contribution in [1.82, 2.24) is 4.98 Å². The lowest BCUT2D eigenvalue weighted by atomic mass is 9.82. The lowest BCUT2D eigenvalue weighted by Gasteiger charge is -2.37. The van der Waals surface area contributed by atoms with Crippen LogP contribution in [-0.2, 0) is 4.74 Å². The number of ether oxygens (including phenoxy) is 1. The number of carbonyl (C=O) groups excluding carboxylic acids is 1. The van der Waals surface area contributed by atoms with Gasteiger partial charge in [-0.25, -0.2) is 9.78 Å². The molecule has 1 heterocycles. The minimum absolute atomic E-state index is 0.0805. The Kier molecular flexibility index (Phi) is 4.37. The van der Waals surface area contributed by atoms with Crippen molar-refractivity contribution in [3.63, 3.8) is 0 Å². The number of aliphatic hydroxyl groups excluding tert-OH is 1. The molecule has 5 heteroatoms. The van der Waals surface area contributed by atoms with E-state index in [1.54, 1.807) is 18.3 Å². The molecule has 2 rings (SSSR count). The summed E-state index contributed by atoms with van der Waals surface area (Å²) in [6, 6.07) is 3.28. The molecule has 1 fully saturated rings. The zero-order valence-electron chi connectivity index (χ0n) is 11.2. The summed E-state index contributed by atoms with van der Waals surface area (Å²) in [5.74, 6) is 0.228. The van der Waals surface area contributed by atoms with Crippen LogP contribution in [0.4, 0.5) is 5.82 Å². The number of hydrogen-bond acceptors (Lipinski definition) is 5. The quantitative estimate of drug-likeness (QED) is 0.814. The topological polar surface area (TPSA) is 71.5 Å². The zero-order chi connectivity index (χ0) is 13.7. The van der Waals surface area contributed by atoms with Crippen LogP contribution < -0.4 is 5.32 Å². The molecule has 0 aliphatic heterocycles. The number of carbonyl (C=O) groups is 1. The van der Waals surface area contributed by atoms with Crippen molar-refractivity contribution >= 4 is 11.8 Å². The van der Waals surface area contributed by atoms with Crippen LogP contribution in [0.5, 0.6) is 0 Å². The maximum atomic E-state index is 11.5. The highest BCUT2D eigenvalue weighted by atomic mass is 16.5. The summed E-state index contributed by atoms with van der Waals surface area (Å²) in [5, 5.41) is 12.9. The molecule has 1 aromatic heterocycles. The highest BCUT2D eigenvalue weighted by Crippen LogP contribution is 2.30. The first kappa shape index (κ1) is 13.8. The molecular formula is C14H20N2O3. The molecule has 0 saturated heterocycles. The van der Waals surface area contributed by atoms with Crippen LogP contribution in [0.15, 0.2) is 18.3 Å². The maximum Gasteiger partial charge on any atom is 0.338 e. The second kappa shape index (κ2) is 6.02. The van der Waals surface area contributed by atoms with Crippen molar-refractivity contribution in [2.45, 2.75) is 37.6 Å². The number of esters is 1. The molecule has 0 aromatic carbocycles. The standard InChI is InChI=1S/C14H20N2O3/c1-19-13(18)11-5-8-15-12(9-11)16-14(10-17)6-3-2-4-7-14/h5,8-9,17H,2-4,6-7,10H2,1H3,(H,15,16). The molecule has 0 amide bonds. The highest BCUT2D eigenvalue weighted by molar-refractivity contribution is 5.90. The Morgan fingerprint density at radius 3 is 2.84 bits per heavy atom. The van der Waals surface area contributed by atoms with Crippen molar-refractivity contribution < 1.29 is 14.6 Å². The van der Waals surface area contributed by atoms with E-state index in [4.69, 9.17) is 0 Å². The second-order valence-corrected chi connectivity index (χ2v) is 5.05. The van der Waals surface area contributed by atoms with Gasteiger partial charge in [0.2, 0.25) is 0 Å². The monoisotopic (exact) mass is 264 g/mol. The van der Waals surface area contributed by atoms with Gasteiger partial charge in [-0.15, -0.1) is 0 Å². The number of nitrogens with zero attached hydrogens (tertiary/aromatic N) is 1. The molecule has 1 saturated carbocycles. The molecule has 104 valence electrons. The molecule has 1 aliphatic rings. The summed E-state index contributed by atoms with van der Waals surface area (Å²) in [4.78, 5) is 15.7. The first-order valence-corrected chi connectivity index (χ1v) is 6.62. The Hall–Kier alpha value is -1.62. The number of pyridine rings is 1. The van der Waals surface area contributed by atoms with Crippen LogP contribution in [-0.4, -0.2) is 35.3 Å². The van der Waals surface area contributed by atoms with E-state index < -0.39 is 0 Å². The zero-order valence-corrected chi connectivity index (χ0v) is 11.2. The Balaban J connectivity index is 2.15. The van der Waals surface area contributed by atoms with Gasteiger partial charge in [0.1, 0.15) is 5.82 Å². The normalized spacial score (nSPS) is 17.8. The average molecular weight is 264 g/mol. The molecule has 2 N–H and O–H groups in total. The molecular weight excluding hydrogens is 244 g/mol. The van der Waals surface area contributed by atoms with Crippen LogP contribution in [0.3, 0.4) is 0 Å². The maximum absolute atomic E-state index is 11.5. The van der Waals surface area contributed by atoms with Crippen LogP contribution in [0, 0.1) is 0 Å². The lowest BCUT2D eigenvalue weighted by Crippen LogP contribution is -2.44. The molecule has 1 aromatic rings. The SMILES string of the molecule is COC(=O)c1ccnc(NC2(CO)CCCCC2)c1. The third kappa shape index (κ3) is 3.23. The fourth-order valence-electron chi connectivity index (χ4n) is 2.57. The third-order valence-corrected chi connectivity index (χ3v) is 3.69. The fourth-order valence-corrected chi connectivity index (χ4v) is 2.57. The van der Waals surface area contributed by atoms with Gasteiger partial charge in [-0.1, -0.05) is 19.3 Å². The van der Waals surface area contributed by atoms with Crippen LogP contribution >= 0.6 is 0 Å². The van der Waals surface area contributed by atoms with Crippen molar-refractivity contribution in [2.24, 2.45) is 0 Å². The predicted octanol–water partition coefficient (Wildman–Crippen LogP) is 1.98. The van der Waals surface area contributed by atoms with Crippen molar-refractivity contribution in [3.8, 4) is 0 Å².